The zero-order valence-corrected chi connectivity index (χ0v) is 19.6. The number of hydrogen-bond acceptors (Lipinski definition) is 5. The Morgan fingerprint density at radius 1 is 1.03 bits per heavy atom. The van der Waals surface area contributed by atoms with Gasteiger partial charge in [-0.3, -0.25) is 14.5 Å². The molecule has 8 heteroatoms. The molecule has 3 rings (SSSR count). The maximum absolute atomic E-state index is 13.2. The standard InChI is InChI=1S/C26H31N3O5/c1-19-10-9-15-29(19,26(33)34)24(31)18-28(2)17-23(30)22(16-20-11-5-3-6-12-20)27-25(32)21-13-7-4-8-14-21/h3-8,11-14,19,22H,9-10,15-18H2,1-2H3,(H-,27,32,33,34)/p+1/t19-,22?,29?/m1/s1. The molecule has 2 unspecified atom stereocenters. The van der Waals surface area contributed by atoms with E-state index in [1.54, 1.807) is 38.2 Å². The lowest BCUT2D eigenvalue weighted by molar-refractivity contribution is -0.792. The third-order valence-electron chi connectivity index (χ3n) is 6.52. The Balaban J connectivity index is 1.70. The Hall–Kier alpha value is -3.36. The van der Waals surface area contributed by atoms with Gasteiger partial charge >= 0.3 is 12.0 Å². The van der Waals surface area contributed by atoms with Gasteiger partial charge in [0.1, 0.15) is 12.6 Å². The summed E-state index contributed by atoms with van der Waals surface area (Å²) in [5, 5.41) is 12.6. The van der Waals surface area contributed by atoms with Gasteiger partial charge in [-0.25, -0.2) is 4.79 Å². The minimum atomic E-state index is -1.15. The number of carbonyl (C=O) groups excluding carboxylic acids is 3. The highest BCUT2D eigenvalue weighted by molar-refractivity contribution is 5.98. The second-order valence-electron chi connectivity index (χ2n) is 8.98. The average Bonchev–Trinajstić information content (AvgIpc) is 3.22. The molecule has 0 saturated carbocycles. The van der Waals surface area contributed by atoms with Gasteiger partial charge in [0.25, 0.3) is 5.91 Å². The third-order valence-corrected chi connectivity index (χ3v) is 6.52. The van der Waals surface area contributed by atoms with Gasteiger partial charge in [0, 0.05) is 18.4 Å². The van der Waals surface area contributed by atoms with Gasteiger partial charge in [-0.15, -0.1) is 0 Å². The Labute approximate surface area is 199 Å². The molecule has 0 spiro atoms. The average molecular weight is 467 g/mol. The maximum Gasteiger partial charge on any atom is 0.521 e. The van der Waals surface area contributed by atoms with Gasteiger partial charge in [-0.2, -0.15) is 9.28 Å². The van der Waals surface area contributed by atoms with Crippen molar-refractivity contribution in [2.24, 2.45) is 0 Å². The zero-order valence-electron chi connectivity index (χ0n) is 19.6. The number of likely N-dealkylation sites (N-methyl/N-ethyl adjacent to an activating group) is 1. The predicted molar refractivity (Wildman–Crippen MR) is 127 cm³/mol. The number of quaternary nitrogens is 1. The summed E-state index contributed by atoms with van der Waals surface area (Å²) in [4.78, 5) is 52.5. The van der Waals surface area contributed by atoms with Crippen LogP contribution in [0.25, 0.3) is 0 Å². The van der Waals surface area contributed by atoms with Crippen LogP contribution in [0.4, 0.5) is 4.79 Å². The minimum absolute atomic E-state index is 0.0910. The molecule has 2 aromatic carbocycles. The molecule has 3 atom stereocenters. The Morgan fingerprint density at radius 2 is 1.65 bits per heavy atom. The molecule has 8 nitrogen and oxygen atoms in total. The van der Waals surface area contributed by atoms with Crippen molar-refractivity contribution >= 4 is 23.7 Å². The number of nitrogens with zero attached hydrogens (tertiary/aromatic N) is 2. The van der Waals surface area contributed by atoms with Gasteiger partial charge in [0.05, 0.1) is 19.1 Å². The molecule has 2 N–H and O–H groups in total. The topological polar surface area (TPSA) is 104 Å². The number of imide groups is 1. The number of amides is 3. The molecule has 1 heterocycles. The lowest BCUT2D eigenvalue weighted by Gasteiger charge is -2.31. The van der Waals surface area contributed by atoms with Crippen LogP contribution in [0.15, 0.2) is 60.7 Å². The summed E-state index contributed by atoms with van der Waals surface area (Å²) in [5.41, 5.74) is 1.35. The van der Waals surface area contributed by atoms with Gasteiger partial charge in [-0.1, -0.05) is 48.5 Å². The molecular formula is C26H32N3O5+. The molecule has 3 amide bonds. The van der Waals surface area contributed by atoms with E-state index in [2.05, 4.69) is 5.32 Å². The Kier molecular flexibility index (Phi) is 8.31. The highest BCUT2D eigenvalue weighted by Crippen LogP contribution is 2.28. The van der Waals surface area contributed by atoms with Crippen LogP contribution in [-0.2, 0) is 16.0 Å². The highest BCUT2D eigenvalue weighted by Gasteiger charge is 2.52. The molecule has 1 saturated heterocycles. The van der Waals surface area contributed by atoms with Crippen molar-refractivity contribution in [1.29, 1.82) is 0 Å². The van der Waals surface area contributed by atoms with Crippen LogP contribution in [-0.4, -0.2) is 76.9 Å². The van der Waals surface area contributed by atoms with E-state index in [1.165, 1.54) is 4.90 Å². The molecule has 1 aliphatic rings. The van der Waals surface area contributed by atoms with E-state index in [9.17, 15) is 24.3 Å². The summed E-state index contributed by atoms with van der Waals surface area (Å²) in [6, 6.07) is 17.0. The van der Waals surface area contributed by atoms with Crippen LogP contribution in [0.3, 0.4) is 0 Å². The maximum atomic E-state index is 13.2. The molecule has 1 aliphatic heterocycles. The van der Waals surface area contributed by atoms with E-state index >= 15 is 0 Å². The van der Waals surface area contributed by atoms with Gasteiger partial charge in [0.15, 0.2) is 5.78 Å². The van der Waals surface area contributed by atoms with Crippen molar-refractivity contribution in [3.05, 3.63) is 71.8 Å². The molecule has 180 valence electrons. The quantitative estimate of drug-likeness (QED) is 0.551. The van der Waals surface area contributed by atoms with E-state index in [0.717, 1.165) is 5.56 Å². The number of carboxylic acid groups (broad SMARTS) is 1. The van der Waals surface area contributed by atoms with Crippen molar-refractivity contribution in [1.82, 2.24) is 10.2 Å². The SMILES string of the molecule is C[C@@H]1CCC[N+]1(C(=O)O)C(=O)CN(C)CC(=O)C(Cc1ccccc1)NC(=O)c1ccccc1. The second-order valence-corrected chi connectivity index (χ2v) is 8.98. The first-order valence-electron chi connectivity index (χ1n) is 11.5. The highest BCUT2D eigenvalue weighted by atomic mass is 16.4. The normalized spacial score (nSPS) is 20.6. The summed E-state index contributed by atoms with van der Waals surface area (Å²) < 4.78 is -0.600. The van der Waals surface area contributed by atoms with Crippen LogP contribution >= 0.6 is 0 Å². The van der Waals surface area contributed by atoms with E-state index in [1.807, 2.05) is 36.4 Å². The fourth-order valence-electron chi connectivity index (χ4n) is 4.55. The van der Waals surface area contributed by atoms with Gasteiger partial charge in [0.2, 0.25) is 0 Å². The number of likely N-dealkylation sites (tertiary alicyclic amines) is 1. The fourth-order valence-corrected chi connectivity index (χ4v) is 4.55. The van der Waals surface area contributed by atoms with E-state index < -0.39 is 22.5 Å². The monoisotopic (exact) mass is 466 g/mol. The molecule has 34 heavy (non-hydrogen) atoms. The van der Waals surface area contributed by atoms with Crippen molar-refractivity contribution < 1.29 is 28.8 Å². The molecule has 0 aromatic heterocycles. The van der Waals surface area contributed by atoms with E-state index in [-0.39, 0.29) is 37.4 Å². The first-order chi connectivity index (χ1) is 16.2. The van der Waals surface area contributed by atoms with Gasteiger partial charge in [-0.05, 0) is 38.1 Å². The number of Topliss-reactive ketones (excluding diaryl/α,β-unsaturated/α-hetero) is 1. The van der Waals surface area contributed by atoms with Crippen LogP contribution in [0.1, 0.15) is 35.7 Å². The fraction of sp³-hybridized carbons (Fsp3) is 0.385. The number of ketones is 1. The third kappa shape index (κ3) is 5.76. The molecule has 1 fully saturated rings. The largest absolute Gasteiger partial charge is 0.521 e. The number of carbonyl (C=O) groups is 4. The molecule has 0 bridgehead atoms. The van der Waals surface area contributed by atoms with Crippen molar-refractivity contribution in [3.63, 3.8) is 0 Å². The first-order valence-corrected chi connectivity index (χ1v) is 11.5. The minimum Gasteiger partial charge on any atom is -0.435 e. The summed E-state index contributed by atoms with van der Waals surface area (Å²) in [6.45, 7) is 1.79. The smallest absolute Gasteiger partial charge is 0.435 e. The number of rotatable bonds is 9. The summed E-state index contributed by atoms with van der Waals surface area (Å²) in [6.07, 6.45) is 0.510. The number of hydrogen-bond donors (Lipinski definition) is 2. The van der Waals surface area contributed by atoms with Crippen LogP contribution < -0.4 is 5.32 Å². The van der Waals surface area contributed by atoms with Crippen molar-refractivity contribution in [3.8, 4) is 0 Å². The first kappa shape index (κ1) is 25.3. The number of nitrogens with one attached hydrogen (secondary N) is 1. The van der Waals surface area contributed by atoms with Crippen LogP contribution in [0, 0.1) is 0 Å². The molecule has 0 aliphatic carbocycles. The molecular weight excluding hydrogens is 434 g/mol. The number of benzene rings is 2. The lowest BCUT2D eigenvalue weighted by atomic mass is 10.0. The van der Waals surface area contributed by atoms with Crippen molar-refractivity contribution in [2.75, 3.05) is 26.7 Å². The Bertz CT molecular complexity index is 1030. The lowest BCUT2D eigenvalue weighted by Crippen LogP contribution is -2.61. The Morgan fingerprint density at radius 3 is 2.21 bits per heavy atom. The second kappa shape index (κ2) is 11.2. The van der Waals surface area contributed by atoms with Gasteiger partial charge < -0.3 is 10.4 Å². The predicted octanol–water partition coefficient (Wildman–Crippen LogP) is 2.73. The molecule has 2 aromatic rings. The van der Waals surface area contributed by atoms with E-state index in [0.29, 0.717) is 24.8 Å². The van der Waals surface area contributed by atoms with E-state index in [4.69, 9.17) is 0 Å². The summed E-state index contributed by atoms with van der Waals surface area (Å²) in [7, 11) is 1.62. The van der Waals surface area contributed by atoms with Crippen LogP contribution in [0.5, 0.6) is 0 Å². The van der Waals surface area contributed by atoms with Crippen LogP contribution in [0.2, 0.25) is 0 Å². The summed E-state index contributed by atoms with van der Waals surface area (Å²) in [5.74, 6) is -1.03. The van der Waals surface area contributed by atoms with Crippen molar-refractivity contribution in [2.45, 2.75) is 38.3 Å². The zero-order chi connectivity index (χ0) is 24.7. The summed E-state index contributed by atoms with van der Waals surface area (Å²) >= 11 is 0. The molecule has 0 radical (unpaired) electrons.